The molecule has 3 aliphatic rings. The first-order valence-corrected chi connectivity index (χ1v) is 9.12. The molecule has 0 spiro atoms. The summed E-state index contributed by atoms with van der Waals surface area (Å²) in [5.41, 5.74) is 1.18. The van der Waals surface area contributed by atoms with Crippen molar-refractivity contribution < 1.29 is 4.79 Å². The molecule has 3 saturated carbocycles. The number of carbonyl (C=O) groups excluding carboxylic acids is 1. The number of amides is 1. The van der Waals surface area contributed by atoms with Gasteiger partial charge in [-0.2, -0.15) is 0 Å². The Bertz CT molecular complexity index is 555. The van der Waals surface area contributed by atoms with Gasteiger partial charge in [-0.15, -0.1) is 0 Å². The smallest absolute Gasteiger partial charge is 0.220 e. The van der Waals surface area contributed by atoms with E-state index in [4.69, 9.17) is 11.6 Å². The van der Waals surface area contributed by atoms with E-state index in [1.165, 1.54) is 37.7 Å². The zero-order valence-corrected chi connectivity index (χ0v) is 13.7. The highest BCUT2D eigenvalue weighted by molar-refractivity contribution is 6.30. The first-order valence-electron chi connectivity index (χ1n) is 8.74. The van der Waals surface area contributed by atoms with Gasteiger partial charge in [-0.25, -0.2) is 0 Å². The molecule has 0 aliphatic heterocycles. The van der Waals surface area contributed by atoms with E-state index in [0.29, 0.717) is 12.5 Å². The Kier molecular flexibility index (Phi) is 3.89. The van der Waals surface area contributed by atoms with Gasteiger partial charge in [-0.1, -0.05) is 30.2 Å². The van der Waals surface area contributed by atoms with Crippen molar-refractivity contribution in [1.82, 2.24) is 5.32 Å². The Morgan fingerprint density at radius 2 is 1.86 bits per heavy atom. The Hall–Kier alpha value is -1.02. The molecule has 1 amide bonds. The molecule has 22 heavy (non-hydrogen) atoms. The average molecular weight is 318 g/mol. The van der Waals surface area contributed by atoms with Gasteiger partial charge in [0.05, 0.1) is 0 Å². The Morgan fingerprint density at radius 3 is 2.68 bits per heavy atom. The number of aryl methyl sites for hydroxylation is 1. The lowest BCUT2D eigenvalue weighted by atomic mass is 9.79. The third-order valence-electron chi connectivity index (χ3n) is 6.33. The molecule has 2 bridgehead atoms. The molecule has 0 heterocycles. The summed E-state index contributed by atoms with van der Waals surface area (Å²) >= 11 is 5.89. The third kappa shape index (κ3) is 2.67. The molecule has 0 aromatic heterocycles. The Balaban J connectivity index is 1.29. The summed E-state index contributed by atoms with van der Waals surface area (Å²) in [6, 6.07) is 8.27. The molecule has 3 heteroatoms. The molecule has 1 aromatic rings. The number of fused-ring (bicyclic) bond motifs is 5. The molecular formula is C19H24ClNO. The van der Waals surface area contributed by atoms with Crippen molar-refractivity contribution in [2.24, 2.45) is 23.7 Å². The van der Waals surface area contributed by atoms with Gasteiger partial charge >= 0.3 is 0 Å². The Labute approximate surface area is 137 Å². The fraction of sp³-hybridized carbons (Fsp3) is 0.632. The van der Waals surface area contributed by atoms with Crippen LogP contribution in [0.15, 0.2) is 24.3 Å². The maximum absolute atomic E-state index is 12.3. The number of halogens is 1. The van der Waals surface area contributed by atoms with Gasteiger partial charge in [0.1, 0.15) is 0 Å². The number of hydrogen-bond acceptors (Lipinski definition) is 1. The summed E-state index contributed by atoms with van der Waals surface area (Å²) < 4.78 is 0. The van der Waals surface area contributed by atoms with Gasteiger partial charge in [0, 0.05) is 17.5 Å². The maximum Gasteiger partial charge on any atom is 0.220 e. The molecule has 5 atom stereocenters. The number of benzene rings is 1. The summed E-state index contributed by atoms with van der Waals surface area (Å²) in [6.07, 6.45) is 8.26. The van der Waals surface area contributed by atoms with Gasteiger partial charge < -0.3 is 5.32 Å². The van der Waals surface area contributed by atoms with Crippen molar-refractivity contribution >= 4 is 17.5 Å². The second kappa shape index (κ2) is 5.88. The first-order chi connectivity index (χ1) is 10.7. The molecule has 3 fully saturated rings. The van der Waals surface area contributed by atoms with Crippen LogP contribution < -0.4 is 5.32 Å². The van der Waals surface area contributed by atoms with E-state index in [1.54, 1.807) is 0 Å². The van der Waals surface area contributed by atoms with Crippen LogP contribution in [0.5, 0.6) is 0 Å². The van der Waals surface area contributed by atoms with Crippen molar-refractivity contribution in [2.45, 2.75) is 51.0 Å². The zero-order chi connectivity index (χ0) is 15.1. The van der Waals surface area contributed by atoms with Gasteiger partial charge in [0.15, 0.2) is 0 Å². The summed E-state index contributed by atoms with van der Waals surface area (Å²) in [7, 11) is 0. The SMILES string of the molecule is O=C(CCc1ccc(Cl)cc1)NC1CC2CC1C1CCCC21. The molecular weight excluding hydrogens is 294 g/mol. The first kappa shape index (κ1) is 14.6. The molecule has 3 aliphatic carbocycles. The topological polar surface area (TPSA) is 29.1 Å². The van der Waals surface area contributed by atoms with E-state index in [0.717, 1.165) is 35.1 Å². The van der Waals surface area contributed by atoms with E-state index < -0.39 is 0 Å². The third-order valence-corrected chi connectivity index (χ3v) is 6.58. The van der Waals surface area contributed by atoms with E-state index in [9.17, 15) is 4.79 Å². The van der Waals surface area contributed by atoms with E-state index in [-0.39, 0.29) is 5.91 Å². The lowest BCUT2D eigenvalue weighted by molar-refractivity contribution is -0.122. The van der Waals surface area contributed by atoms with Crippen LogP contribution in [0.1, 0.15) is 44.1 Å². The van der Waals surface area contributed by atoms with Gasteiger partial charge in [-0.05, 0) is 73.5 Å². The van der Waals surface area contributed by atoms with Crippen molar-refractivity contribution in [3.05, 3.63) is 34.9 Å². The Morgan fingerprint density at radius 1 is 1.09 bits per heavy atom. The van der Waals surface area contributed by atoms with Crippen LogP contribution in [0.3, 0.4) is 0 Å². The molecule has 0 radical (unpaired) electrons. The minimum atomic E-state index is 0.224. The molecule has 118 valence electrons. The highest BCUT2D eigenvalue weighted by atomic mass is 35.5. The number of nitrogens with one attached hydrogen (secondary N) is 1. The van der Waals surface area contributed by atoms with Crippen LogP contribution >= 0.6 is 11.6 Å². The molecule has 4 rings (SSSR count). The quantitative estimate of drug-likeness (QED) is 0.885. The number of rotatable bonds is 4. The highest BCUT2D eigenvalue weighted by Crippen LogP contribution is 2.58. The van der Waals surface area contributed by atoms with E-state index in [1.807, 2.05) is 24.3 Å². The lowest BCUT2D eigenvalue weighted by Crippen LogP contribution is -2.42. The second-order valence-corrected chi connectivity index (χ2v) is 7.89. The van der Waals surface area contributed by atoms with Crippen molar-refractivity contribution in [3.8, 4) is 0 Å². The van der Waals surface area contributed by atoms with Crippen LogP contribution in [0, 0.1) is 23.7 Å². The highest BCUT2D eigenvalue weighted by Gasteiger charge is 2.53. The van der Waals surface area contributed by atoms with Gasteiger partial charge in [0.2, 0.25) is 5.91 Å². The fourth-order valence-corrected chi connectivity index (χ4v) is 5.55. The average Bonchev–Trinajstić information content (AvgIpc) is 3.19. The van der Waals surface area contributed by atoms with Crippen molar-refractivity contribution in [1.29, 1.82) is 0 Å². The summed E-state index contributed by atoms with van der Waals surface area (Å²) in [5.74, 6) is 3.81. The summed E-state index contributed by atoms with van der Waals surface area (Å²) in [6.45, 7) is 0. The van der Waals surface area contributed by atoms with Gasteiger partial charge in [-0.3, -0.25) is 4.79 Å². The number of carbonyl (C=O) groups is 1. The van der Waals surface area contributed by atoms with E-state index in [2.05, 4.69) is 5.32 Å². The molecule has 5 unspecified atom stereocenters. The van der Waals surface area contributed by atoms with Crippen LogP contribution in [0.4, 0.5) is 0 Å². The van der Waals surface area contributed by atoms with Crippen molar-refractivity contribution in [2.75, 3.05) is 0 Å². The van der Waals surface area contributed by atoms with Crippen LogP contribution in [0.25, 0.3) is 0 Å². The predicted octanol–water partition coefficient (Wildman–Crippen LogP) is 4.21. The van der Waals surface area contributed by atoms with Crippen LogP contribution in [-0.2, 0) is 11.2 Å². The largest absolute Gasteiger partial charge is 0.353 e. The van der Waals surface area contributed by atoms with Crippen LogP contribution in [0.2, 0.25) is 5.02 Å². The second-order valence-electron chi connectivity index (χ2n) is 7.45. The maximum atomic E-state index is 12.3. The predicted molar refractivity (Wildman–Crippen MR) is 88.7 cm³/mol. The van der Waals surface area contributed by atoms with Crippen molar-refractivity contribution in [3.63, 3.8) is 0 Å². The molecule has 1 aromatic carbocycles. The number of hydrogen-bond donors (Lipinski definition) is 1. The molecule has 1 N–H and O–H groups in total. The van der Waals surface area contributed by atoms with E-state index >= 15 is 0 Å². The lowest BCUT2D eigenvalue weighted by Gasteiger charge is -2.32. The van der Waals surface area contributed by atoms with Gasteiger partial charge in [0.25, 0.3) is 0 Å². The standard InChI is InChI=1S/C19H24ClNO/c20-14-7-4-12(5-8-14)6-9-19(22)21-18-11-13-10-17(18)16-3-1-2-15(13)16/h4-5,7-8,13,15-18H,1-3,6,9-11H2,(H,21,22). The fourth-order valence-electron chi connectivity index (χ4n) is 5.42. The van der Waals surface area contributed by atoms with Crippen LogP contribution in [-0.4, -0.2) is 11.9 Å². The minimum Gasteiger partial charge on any atom is -0.353 e. The summed E-state index contributed by atoms with van der Waals surface area (Å²) in [4.78, 5) is 12.3. The molecule has 2 nitrogen and oxygen atoms in total. The molecule has 0 saturated heterocycles. The normalized spacial score (nSPS) is 35.6. The monoisotopic (exact) mass is 317 g/mol. The minimum absolute atomic E-state index is 0.224. The zero-order valence-electron chi connectivity index (χ0n) is 12.9. The summed E-state index contributed by atoms with van der Waals surface area (Å²) in [5, 5.41) is 4.09.